The lowest BCUT2D eigenvalue weighted by atomic mass is 9.91. The molecule has 0 aliphatic heterocycles. The normalized spacial score (nSPS) is 15.5. The number of rotatable bonds is 3. The first-order valence-electron chi connectivity index (χ1n) is 6.16. The van der Waals surface area contributed by atoms with Gasteiger partial charge >= 0.3 is 0 Å². The molecule has 2 rings (SSSR count). The predicted molar refractivity (Wildman–Crippen MR) is 68.5 cm³/mol. The van der Waals surface area contributed by atoms with Crippen LogP contribution in [0.25, 0.3) is 0 Å². The Morgan fingerprint density at radius 2 is 2.18 bits per heavy atom. The van der Waals surface area contributed by atoms with Crippen LogP contribution in [-0.2, 0) is 6.42 Å². The van der Waals surface area contributed by atoms with E-state index in [1.807, 2.05) is 13.0 Å². The summed E-state index contributed by atoms with van der Waals surface area (Å²) in [5, 5.41) is 9.95. The van der Waals surface area contributed by atoms with Crippen LogP contribution in [0, 0.1) is 6.92 Å². The lowest BCUT2D eigenvalue weighted by Crippen LogP contribution is -1.99. The van der Waals surface area contributed by atoms with E-state index < -0.39 is 0 Å². The van der Waals surface area contributed by atoms with Crippen LogP contribution < -0.4 is 0 Å². The minimum absolute atomic E-state index is 0.249. The summed E-state index contributed by atoms with van der Waals surface area (Å²) in [5.41, 5.74) is 3.91. The Balaban J connectivity index is 2.26. The van der Waals surface area contributed by atoms with Crippen LogP contribution in [0.15, 0.2) is 23.8 Å². The molecular formula is C15H18O2. The van der Waals surface area contributed by atoms with Crippen molar-refractivity contribution in [2.75, 3.05) is 0 Å². The van der Waals surface area contributed by atoms with E-state index >= 15 is 0 Å². The summed E-state index contributed by atoms with van der Waals surface area (Å²) in [6.45, 7) is 1.95. The number of phenols is 1. The first kappa shape index (κ1) is 11.9. The molecule has 1 N–H and O–H groups in total. The van der Waals surface area contributed by atoms with Crippen LogP contribution in [0.4, 0.5) is 0 Å². The molecule has 0 atom stereocenters. The second kappa shape index (κ2) is 5.17. The van der Waals surface area contributed by atoms with E-state index in [4.69, 9.17) is 0 Å². The Bertz CT molecular complexity index is 435. The van der Waals surface area contributed by atoms with Crippen molar-refractivity contribution in [3.05, 3.63) is 40.5 Å². The molecule has 0 aromatic heterocycles. The van der Waals surface area contributed by atoms with E-state index in [-0.39, 0.29) is 5.75 Å². The molecule has 0 amide bonds. The molecule has 0 saturated carbocycles. The van der Waals surface area contributed by atoms with E-state index in [2.05, 4.69) is 6.08 Å². The van der Waals surface area contributed by atoms with Gasteiger partial charge in [0, 0.05) is 11.1 Å². The van der Waals surface area contributed by atoms with Gasteiger partial charge in [-0.15, -0.1) is 0 Å². The maximum Gasteiger partial charge on any atom is 0.150 e. The highest BCUT2D eigenvalue weighted by Crippen LogP contribution is 2.28. The molecule has 1 aromatic carbocycles. The molecule has 1 aliphatic carbocycles. The molecule has 17 heavy (non-hydrogen) atoms. The van der Waals surface area contributed by atoms with Gasteiger partial charge in [0.1, 0.15) is 12.0 Å². The number of aldehydes is 1. The summed E-state index contributed by atoms with van der Waals surface area (Å²) in [7, 11) is 0. The molecule has 2 nitrogen and oxygen atoms in total. The Kier molecular flexibility index (Phi) is 3.62. The van der Waals surface area contributed by atoms with Crippen molar-refractivity contribution in [3.63, 3.8) is 0 Å². The average molecular weight is 230 g/mol. The molecule has 0 heterocycles. The minimum Gasteiger partial charge on any atom is -0.508 e. The summed E-state index contributed by atoms with van der Waals surface area (Å²) in [6, 6.07) is 3.39. The number of hydrogen-bond donors (Lipinski definition) is 1. The van der Waals surface area contributed by atoms with Gasteiger partial charge in [0.05, 0.1) is 0 Å². The zero-order valence-electron chi connectivity index (χ0n) is 10.2. The number of benzene rings is 1. The summed E-state index contributed by atoms with van der Waals surface area (Å²) >= 11 is 0. The van der Waals surface area contributed by atoms with Crippen LogP contribution >= 0.6 is 0 Å². The monoisotopic (exact) mass is 230 g/mol. The van der Waals surface area contributed by atoms with E-state index in [9.17, 15) is 9.90 Å². The molecule has 0 bridgehead atoms. The first-order valence-corrected chi connectivity index (χ1v) is 6.16. The third-order valence-corrected chi connectivity index (χ3v) is 3.40. The molecule has 1 aromatic rings. The topological polar surface area (TPSA) is 37.3 Å². The Hall–Kier alpha value is -1.57. The third kappa shape index (κ3) is 2.76. The summed E-state index contributed by atoms with van der Waals surface area (Å²) in [4.78, 5) is 10.7. The van der Waals surface area contributed by atoms with Crippen molar-refractivity contribution in [1.29, 1.82) is 0 Å². The number of carbonyl (C=O) groups excluding carboxylic acids is 1. The van der Waals surface area contributed by atoms with E-state index in [0.29, 0.717) is 5.56 Å². The SMILES string of the molecule is Cc1cc(C=O)cc(O)c1CC1=CCCCC1. The fourth-order valence-corrected chi connectivity index (χ4v) is 2.42. The zero-order valence-corrected chi connectivity index (χ0v) is 10.2. The van der Waals surface area contributed by atoms with Gasteiger partial charge in [-0.3, -0.25) is 4.79 Å². The lowest BCUT2D eigenvalue weighted by molar-refractivity contribution is 0.112. The first-order chi connectivity index (χ1) is 8.20. The largest absolute Gasteiger partial charge is 0.508 e. The van der Waals surface area contributed by atoms with Gasteiger partial charge in [-0.2, -0.15) is 0 Å². The van der Waals surface area contributed by atoms with Gasteiger partial charge in [-0.25, -0.2) is 0 Å². The van der Waals surface area contributed by atoms with Gasteiger partial charge < -0.3 is 5.11 Å². The highest BCUT2D eigenvalue weighted by molar-refractivity contribution is 5.76. The molecule has 0 spiro atoms. The molecule has 0 unspecified atom stereocenters. The van der Waals surface area contributed by atoms with E-state index in [1.54, 1.807) is 6.07 Å². The second-order valence-corrected chi connectivity index (χ2v) is 4.74. The smallest absolute Gasteiger partial charge is 0.150 e. The van der Waals surface area contributed by atoms with E-state index in [0.717, 1.165) is 36.7 Å². The van der Waals surface area contributed by atoms with Crippen molar-refractivity contribution in [2.24, 2.45) is 0 Å². The molecule has 0 saturated heterocycles. The number of allylic oxidation sites excluding steroid dienone is 2. The Morgan fingerprint density at radius 3 is 2.76 bits per heavy atom. The third-order valence-electron chi connectivity index (χ3n) is 3.40. The summed E-state index contributed by atoms with van der Waals surface area (Å²) < 4.78 is 0. The van der Waals surface area contributed by atoms with Crippen molar-refractivity contribution >= 4 is 6.29 Å². The molecule has 90 valence electrons. The fourth-order valence-electron chi connectivity index (χ4n) is 2.42. The van der Waals surface area contributed by atoms with Gasteiger partial charge in [0.2, 0.25) is 0 Å². The maximum absolute atomic E-state index is 10.7. The van der Waals surface area contributed by atoms with Crippen LogP contribution in [-0.4, -0.2) is 11.4 Å². The molecular weight excluding hydrogens is 212 g/mol. The van der Waals surface area contributed by atoms with Crippen LogP contribution in [0.2, 0.25) is 0 Å². The van der Waals surface area contributed by atoms with E-state index in [1.165, 1.54) is 18.4 Å². The minimum atomic E-state index is 0.249. The van der Waals surface area contributed by atoms with Gasteiger partial charge in [-0.1, -0.05) is 11.6 Å². The zero-order chi connectivity index (χ0) is 12.3. The maximum atomic E-state index is 10.7. The number of carbonyl (C=O) groups is 1. The fraction of sp³-hybridized carbons (Fsp3) is 0.400. The second-order valence-electron chi connectivity index (χ2n) is 4.74. The van der Waals surface area contributed by atoms with Crippen LogP contribution in [0.3, 0.4) is 0 Å². The van der Waals surface area contributed by atoms with Crippen LogP contribution in [0.1, 0.15) is 47.2 Å². The number of hydrogen-bond acceptors (Lipinski definition) is 2. The highest BCUT2D eigenvalue weighted by atomic mass is 16.3. The van der Waals surface area contributed by atoms with Crippen LogP contribution in [0.5, 0.6) is 5.75 Å². The highest BCUT2D eigenvalue weighted by Gasteiger charge is 2.11. The van der Waals surface area contributed by atoms with Crippen molar-refractivity contribution in [3.8, 4) is 5.75 Å². The quantitative estimate of drug-likeness (QED) is 0.636. The molecule has 2 heteroatoms. The van der Waals surface area contributed by atoms with Crippen molar-refractivity contribution < 1.29 is 9.90 Å². The number of aromatic hydroxyl groups is 1. The van der Waals surface area contributed by atoms with Gasteiger partial charge in [-0.05, 0) is 56.7 Å². The summed E-state index contributed by atoms with van der Waals surface area (Å²) in [5.74, 6) is 0.249. The lowest BCUT2D eigenvalue weighted by Gasteiger charge is -2.15. The Morgan fingerprint density at radius 1 is 1.35 bits per heavy atom. The van der Waals surface area contributed by atoms with Crippen molar-refractivity contribution in [2.45, 2.75) is 39.0 Å². The summed E-state index contributed by atoms with van der Waals surface area (Å²) in [6.07, 6.45) is 8.69. The van der Waals surface area contributed by atoms with Gasteiger partial charge in [0.25, 0.3) is 0 Å². The molecule has 0 radical (unpaired) electrons. The standard InChI is InChI=1S/C15H18O2/c1-11-7-13(10-16)9-15(17)14(11)8-12-5-3-2-4-6-12/h5,7,9-10,17H,2-4,6,8H2,1H3. The van der Waals surface area contributed by atoms with Crippen molar-refractivity contribution in [1.82, 2.24) is 0 Å². The molecule has 0 fully saturated rings. The Labute approximate surface area is 102 Å². The average Bonchev–Trinajstić information content (AvgIpc) is 2.35. The molecule has 1 aliphatic rings. The number of aryl methyl sites for hydroxylation is 1. The predicted octanol–water partition coefficient (Wildman–Crippen LogP) is 3.56. The number of phenolic OH excluding ortho intramolecular Hbond substituents is 1. The van der Waals surface area contributed by atoms with Gasteiger partial charge in [0.15, 0.2) is 0 Å².